The quantitative estimate of drug-likeness (QED) is 0.227. The van der Waals surface area contributed by atoms with Gasteiger partial charge in [-0.3, -0.25) is 0 Å². The lowest BCUT2D eigenvalue weighted by atomic mass is 9.89. The van der Waals surface area contributed by atoms with Crippen LogP contribution in [0.15, 0.2) is 30.3 Å². The first kappa shape index (κ1) is 31.2. The third-order valence-corrected chi connectivity index (χ3v) is 6.97. The summed E-state index contributed by atoms with van der Waals surface area (Å²) in [6.45, 7) is 5.90. The second kappa shape index (κ2) is 12.9. The molecule has 0 amide bonds. The fourth-order valence-electron chi connectivity index (χ4n) is 4.76. The van der Waals surface area contributed by atoms with Gasteiger partial charge in [0.25, 0.3) is 0 Å². The molecule has 0 saturated heterocycles. The van der Waals surface area contributed by atoms with Gasteiger partial charge in [-0.1, -0.05) is 38.8 Å². The van der Waals surface area contributed by atoms with Crippen molar-refractivity contribution in [3.8, 4) is 11.5 Å². The molecule has 0 fully saturated rings. The predicted octanol–water partition coefficient (Wildman–Crippen LogP) is 5.28. The van der Waals surface area contributed by atoms with Crippen LogP contribution in [0, 0.1) is 0 Å². The maximum absolute atomic E-state index is 13.1. The molecule has 1 aliphatic heterocycles. The van der Waals surface area contributed by atoms with E-state index >= 15 is 0 Å². The molecule has 220 valence electrons. The smallest absolute Gasteiger partial charge is 0.453 e. The molecule has 0 saturated carbocycles. The lowest BCUT2D eigenvalue weighted by molar-refractivity contribution is -0.194. The van der Waals surface area contributed by atoms with Crippen LogP contribution in [0.25, 0.3) is 0 Å². The summed E-state index contributed by atoms with van der Waals surface area (Å²) in [5.41, 5.74) is 1.75. The van der Waals surface area contributed by atoms with Crippen molar-refractivity contribution >= 4 is 11.9 Å². The van der Waals surface area contributed by atoms with Crippen molar-refractivity contribution in [3.63, 3.8) is 0 Å². The van der Waals surface area contributed by atoms with Gasteiger partial charge in [-0.05, 0) is 73.9 Å². The summed E-state index contributed by atoms with van der Waals surface area (Å²) in [6.07, 6.45) is -0.816. The first-order valence-corrected chi connectivity index (χ1v) is 13.4. The molecule has 2 unspecified atom stereocenters. The third-order valence-electron chi connectivity index (χ3n) is 6.97. The summed E-state index contributed by atoms with van der Waals surface area (Å²) in [4.78, 5) is 23.8. The van der Waals surface area contributed by atoms with Gasteiger partial charge < -0.3 is 30.1 Å². The number of benzene rings is 2. The first-order valence-electron chi connectivity index (χ1n) is 13.4. The molecular formula is C29H36F3NO7. The number of hydrogen-bond donors (Lipinski definition) is 4. The number of halogens is 3. The van der Waals surface area contributed by atoms with Gasteiger partial charge in [-0.25, -0.2) is 9.59 Å². The number of carbonyl (C=O) groups is 2. The molecule has 11 heteroatoms. The van der Waals surface area contributed by atoms with Crippen molar-refractivity contribution < 1.29 is 47.6 Å². The van der Waals surface area contributed by atoms with Gasteiger partial charge in [-0.15, -0.1) is 0 Å². The molecule has 4 N–H and O–H groups in total. The van der Waals surface area contributed by atoms with Crippen molar-refractivity contribution in [2.45, 2.75) is 89.8 Å². The number of fused-ring (bicyclic) bond motifs is 1. The van der Waals surface area contributed by atoms with E-state index in [4.69, 9.17) is 9.47 Å². The fourth-order valence-corrected chi connectivity index (χ4v) is 4.76. The van der Waals surface area contributed by atoms with E-state index in [2.05, 4.69) is 5.32 Å². The summed E-state index contributed by atoms with van der Waals surface area (Å²) in [6, 6.07) is 5.97. The number of aryl methyl sites for hydroxylation is 1. The molecule has 0 aromatic heterocycles. The number of aliphatic hydroxyl groups is 1. The molecule has 0 spiro atoms. The minimum Gasteiger partial charge on any atom is -0.475 e. The van der Waals surface area contributed by atoms with Crippen LogP contribution in [-0.2, 0) is 35.0 Å². The Kier molecular flexibility index (Phi) is 10.1. The lowest BCUT2D eigenvalue weighted by Gasteiger charge is -2.23. The molecule has 2 aromatic rings. The number of aliphatic hydroxyl groups excluding tert-OH is 1. The van der Waals surface area contributed by atoms with Crippen molar-refractivity contribution in [1.82, 2.24) is 5.32 Å². The SMILES string of the molecule is CCCCc1cc2c(c(CCCC)c1CC(C)NCC(O)c1cccc(C(F)(F)F)c1)OC(C(=O)O)(C(=O)O)O2. The van der Waals surface area contributed by atoms with Gasteiger partial charge in [0.05, 0.1) is 11.7 Å². The normalized spacial score (nSPS) is 15.6. The summed E-state index contributed by atoms with van der Waals surface area (Å²) in [7, 11) is 0. The zero-order valence-electron chi connectivity index (χ0n) is 22.8. The van der Waals surface area contributed by atoms with E-state index in [1.807, 2.05) is 20.8 Å². The number of carboxylic acids is 2. The zero-order chi connectivity index (χ0) is 29.7. The van der Waals surface area contributed by atoms with Crippen molar-refractivity contribution in [3.05, 3.63) is 58.1 Å². The summed E-state index contributed by atoms with van der Waals surface area (Å²) in [5, 5.41) is 33.1. The number of carboxylic acid groups (broad SMARTS) is 2. The maximum atomic E-state index is 13.1. The molecule has 2 atom stereocenters. The van der Waals surface area contributed by atoms with Gasteiger partial charge in [0, 0.05) is 18.2 Å². The molecule has 1 heterocycles. The minimum atomic E-state index is -4.52. The average molecular weight is 568 g/mol. The summed E-state index contributed by atoms with van der Waals surface area (Å²) >= 11 is 0. The van der Waals surface area contributed by atoms with E-state index in [1.165, 1.54) is 12.1 Å². The van der Waals surface area contributed by atoms with Crippen LogP contribution in [-0.4, -0.2) is 45.6 Å². The van der Waals surface area contributed by atoms with Crippen molar-refractivity contribution in [1.29, 1.82) is 0 Å². The Balaban J connectivity index is 1.89. The molecule has 1 aliphatic rings. The minimum absolute atomic E-state index is 0.00273. The molecule has 8 nitrogen and oxygen atoms in total. The largest absolute Gasteiger partial charge is 0.475 e. The number of nitrogens with one attached hydrogen (secondary N) is 1. The van der Waals surface area contributed by atoms with Crippen LogP contribution < -0.4 is 14.8 Å². The number of rotatable bonds is 14. The first-order chi connectivity index (χ1) is 18.8. The fraction of sp³-hybridized carbons (Fsp3) is 0.517. The third kappa shape index (κ3) is 6.87. The maximum Gasteiger partial charge on any atom is 0.453 e. The van der Waals surface area contributed by atoms with Crippen LogP contribution in [0.1, 0.15) is 80.4 Å². The molecule has 0 radical (unpaired) electrons. The Morgan fingerprint density at radius 3 is 2.25 bits per heavy atom. The van der Waals surface area contributed by atoms with Crippen LogP contribution in [0.3, 0.4) is 0 Å². The lowest BCUT2D eigenvalue weighted by Crippen LogP contribution is -2.54. The molecule has 40 heavy (non-hydrogen) atoms. The zero-order valence-corrected chi connectivity index (χ0v) is 22.8. The molecule has 0 bridgehead atoms. The highest BCUT2D eigenvalue weighted by molar-refractivity contribution is 6.01. The Bertz CT molecular complexity index is 1200. The number of ether oxygens (including phenoxy) is 2. The van der Waals surface area contributed by atoms with E-state index in [9.17, 15) is 38.1 Å². The standard InChI is InChI=1S/C29H36F3NO7/c1-4-6-9-18-15-24-25(40-28(39-24,26(35)36)27(37)38)21(12-7-5-2)22(18)13-17(3)33-16-23(34)19-10-8-11-20(14-19)29(30,31)32/h8,10-11,14-15,17,23,33-34H,4-7,9,12-13,16H2,1-3H3,(H,35,36)(H,37,38). The number of alkyl halides is 3. The average Bonchev–Trinajstić information content (AvgIpc) is 3.30. The summed E-state index contributed by atoms with van der Waals surface area (Å²) < 4.78 is 50.2. The van der Waals surface area contributed by atoms with E-state index in [0.717, 1.165) is 48.9 Å². The van der Waals surface area contributed by atoms with Gasteiger partial charge >= 0.3 is 23.9 Å². The van der Waals surface area contributed by atoms with Crippen LogP contribution >= 0.6 is 0 Å². The van der Waals surface area contributed by atoms with Crippen LogP contribution in [0.4, 0.5) is 13.2 Å². The van der Waals surface area contributed by atoms with Crippen molar-refractivity contribution in [2.75, 3.05) is 6.54 Å². The Labute approximate surface area is 231 Å². The summed E-state index contributed by atoms with van der Waals surface area (Å²) in [5.74, 6) is -6.24. The van der Waals surface area contributed by atoms with E-state index < -0.39 is 35.6 Å². The highest BCUT2D eigenvalue weighted by atomic mass is 19.4. The second-order valence-electron chi connectivity index (χ2n) is 10.1. The van der Waals surface area contributed by atoms with E-state index in [-0.39, 0.29) is 29.6 Å². The van der Waals surface area contributed by atoms with Gasteiger partial charge in [-0.2, -0.15) is 13.2 Å². The Hall–Kier alpha value is -3.31. The second-order valence-corrected chi connectivity index (χ2v) is 10.1. The van der Waals surface area contributed by atoms with Crippen molar-refractivity contribution in [2.24, 2.45) is 0 Å². The highest BCUT2D eigenvalue weighted by Crippen LogP contribution is 2.46. The molecule has 3 rings (SSSR count). The van der Waals surface area contributed by atoms with Gasteiger partial charge in [0.2, 0.25) is 0 Å². The molecular weight excluding hydrogens is 531 g/mol. The predicted molar refractivity (Wildman–Crippen MR) is 140 cm³/mol. The van der Waals surface area contributed by atoms with Crippen LogP contribution in [0.5, 0.6) is 11.5 Å². The van der Waals surface area contributed by atoms with Gasteiger partial charge in [0.1, 0.15) is 0 Å². The Morgan fingerprint density at radius 1 is 1.00 bits per heavy atom. The van der Waals surface area contributed by atoms with E-state index in [1.54, 1.807) is 6.07 Å². The number of aliphatic carboxylic acids is 2. The number of hydrogen-bond acceptors (Lipinski definition) is 6. The topological polar surface area (TPSA) is 125 Å². The highest BCUT2D eigenvalue weighted by Gasteiger charge is 2.58. The van der Waals surface area contributed by atoms with E-state index in [0.29, 0.717) is 24.8 Å². The molecule has 0 aliphatic carbocycles. The molecule has 2 aromatic carbocycles. The van der Waals surface area contributed by atoms with Gasteiger partial charge in [0.15, 0.2) is 11.5 Å². The van der Waals surface area contributed by atoms with Crippen LogP contribution in [0.2, 0.25) is 0 Å². The monoisotopic (exact) mass is 567 g/mol. The Morgan fingerprint density at radius 2 is 1.65 bits per heavy atom. The number of unbranched alkanes of at least 4 members (excludes halogenated alkanes) is 2.